The second-order valence-corrected chi connectivity index (χ2v) is 5.84. The molecule has 3 heteroatoms. The maximum atomic E-state index is 12.3. The van der Waals surface area contributed by atoms with Crippen LogP contribution in [0, 0.1) is 0 Å². The minimum Gasteiger partial charge on any atom is -0.496 e. The number of likely N-dealkylation sites (tertiary alicyclic amines) is 1. The molecule has 19 heavy (non-hydrogen) atoms. The molecule has 0 aromatic heterocycles. The molecule has 102 valence electrons. The Hall–Kier alpha value is -1.51. The number of aryl methyl sites for hydroxylation is 1. The molecule has 0 unspecified atom stereocenters. The van der Waals surface area contributed by atoms with Crippen molar-refractivity contribution in [3.05, 3.63) is 29.3 Å². The molecule has 1 fully saturated rings. The van der Waals surface area contributed by atoms with Gasteiger partial charge in [0.2, 0.25) is 5.91 Å². The lowest BCUT2D eigenvalue weighted by molar-refractivity contribution is -0.130. The van der Waals surface area contributed by atoms with Gasteiger partial charge in [-0.1, -0.05) is 12.1 Å². The molecule has 0 bridgehead atoms. The second-order valence-electron chi connectivity index (χ2n) is 5.84. The van der Waals surface area contributed by atoms with Gasteiger partial charge >= 0.3 is 0 Å². The van der Waals surface area contributed by atoms with E-state index in [0.29, 0.717) is 30.3 Å². The van der Waals surface area contributed by atoms with E-state index in [4.69, 9.17) is 4.74 Å². The zero-order valence-electron chi connectivity index (χ0n) is 11.8. The predicted octanol–water partition coefficient (Wildman–Crippen LogP) is 2.73. The predicted molar refractivity (Wildman–Crippen MR) is 74.4 cm³/mol. The van der Waals surface area contributed by atoms with E-state index in [2.05, 4.69) is 30.9 Å². The van der Waals surface area contributed by atoms with E-state index in [0.717, 1.165) is 18.6 Å². The zero-order chi connectivity index (χ0) is 13.6. The number of nitrogens with zero attached hydrogens (tertiary/aromatic N) is 1. The summed E-state index contributed by atoms with van der Waals surface area (Å²) in [6.45, 7) is 4.22. The Morgan fingerprint density at radius 3 is 2.84 bits per heavy atom. The van der Waals surface area contributed by atoms with E-state index in [1.807, 2.05) is 6.07 Å². The van der Waals surface area contributed by atoms with Gasteiger partial charge in [0.25, 0.3) is 0 Å². The highest BCUT2D eigenvalue weighted by atomic mass is 16.5. The topological polar surface area (TPSA) is 29.5 Å². The van der Waals surface area contributed by atoms with Crippen LogP contribution in [0.1, 0.15) is 43.7 Å². The van der Waals surface area contributed by atoms with E-state index in [-0.39, 0.29) is 0 Å². The van der Waals surface area contributed by atoms with E-state index >= 15 is 0 Å². The van der Waals surface area contributed by atoms with Crippen LogP contribution < -0.4 is 4.74 Å². The standard InChI is InChI=1S/C16H21NO2/c1-10(2)17-13-8-7-11-5-4-6-14(19-3)16(11)12(13)9-15(17)18/h4-6,10,12-13H,7-9H2,1-3H3/t12-,13-/m1/s1. The van der Waals surface area contributed by atoms with Gasteiger partial charge in [0.15, 0.2) is 0 Å². The van der Waals surface area contributed by atoms with Gasteiger partial charge in [-0.15, -0.1) is 0 Å². The summed E-state index contributed by atoms with van der Waals surface area (Å²) in [6, 6.07) is 6.89. The molecule has 1 heterocycles. The van der Waals surface area contributed by atoms with Crippen molar-refractivity contribution in [3.8, 4) is 5.75 Å². The minimum atomic E-state index is 0.291. The lowest BCUT2D eigenvalue weighted by atomic mass is 9.79. The molecule has 0 N–H and O–H groups in total. The van der Waals surface area contributed by atoms with Crippen LogP contribution in [-0.2, 0) is 11.2 Å². The average molecular weight is 259 g/mol. The van der Waals surface area contributed by atoms with Gasteiger partial charge in [-0.2, -0.15) is 0 Å². The number of methoxy groups -OCH3 is 1. The first-order valence-electron chi connectivity index (χ1n) is 7.10. The molecule has 1 aromatic carbocycles. The lowest BCUT2D eigenvalue weighted by Gasteiger charge is -2.36. The highest BCUT2D eigenvalue weighted by molar-refractivity contribution is 5.81. The summed E-state index contributed by atoms with van der Waals surface area (Å²) in [5.41, 5.74) is 2.64. The number of amides is 1. The summed E-state index contributed by atoms with van der Waals surface area (Å²) in [5, 5.41) is 0. The second kappa shape index (κ2) is 4.55. The summed E-state index contributed by atoms with van der Waals surface area (Å²) >= 11 is 0. The summed E-state index contributed by atoms with van der Waals surface area (Å²) < 4.78 is 5.52. The van der Waals surface area contributed by atoms with Crippen LogP contribution in [-0.4, -0.2) is 30.0 Å². The molecular formula is C16H21NO2. The Morgan fingerprint density at radius 2 is 2.16 bits per heavy atom. The van der Waals surface area contributed by atoms with E-state index < -0.39 is 0 Å². The summed E-state index contributed by atoms with van der Waals surface area (Å²) in [6.07, 6.45) is 2.76. The molecule has 1 aliphatic heterocycles. The lowest BCUT2D eigenvalue weighted by Crippen LogP contribution is -2.41. The van der Waals surface area contributed by atoms with Gasteiger partial charge in [-0.05, 0) is 38.3 Å². The fraction of sp³-hybridized carbons (Fsp3) is 0.562. The molecule has 1 amide bonds. The van der Waals surface area contributed by atoms with Crippen LogP contribution in [0.4, 0.5) is 0 Å². The first-order valence-corrected chi connectivity index (χ1v) is 7.10. The maximum absolute atomic E-state index is 12.3. The third-order valence-corrected chi connectivity index (χ3v) is 4.52. The van der Waals surface area contributed by atoms with E-state index in [1.165, 1.54) is 11.1 Å². The highest BCUT2D eigenvalue weighted by Gasteiger charge is 2.45. The fourth-order valence-corrected chi connectivity index (χ4v) is 3.82. The normalized spacial score (nSPS) is 25.5. The Kier molecular flexibility index (Phi) is 3.00. The van der Waals surface area contributed by atoms with Crippen LogP contribution in [0.15, 0.2) is 18.2 Å². The van der Waals surface area contributed by atoms with Crippen molar-refractivity contribution in [1.82, 2.24) is 4.90 Å². The molecular weight excluding hydrogens is 238 g/mol. The van der Waals surface area contributed by atoms with Gasteiger partial charge in [-0.25, -0.2) is 0 Å². The van der Waals surface area contributed by atoms with Gasteiger partial charge in [0.05, 0.1) is 7.11 Å². The van der Waals surface area contributed by atoms with Crippen molar-refractivity contribution in [2.75, 3.05) is 7.11 Å². The molecule has 0 radical (unpaired) electrons. The van der Waals surface area contributed by atoms with Gasteiger partial charge < -0.3 is 9.64 Å². The molecule has 3 nitrogen and oxygen atoms in total. The fourth-order valence-electron chi connectivity index (χ4n) is 3.82. The number of fused-ring (bicyclic) bond motifs is 3. The SMILES string of the molecule is COc1cccc2c1[C@@H]1CC(=O)N(C(C)C)[C@@H]1CC2. The number of carbonyl (C=O) groups is 1. The smallest absolute Gasteiger partial charge is 0.223 e. The van der Waals surface area contributed by atoms with E-state index in [1.54, 1.807) is 7.11 Å². The number of ether oxygens (including phenoxy) is 1. The summed E-state index contributed by atoms with van der Waals surface area (Å²) in [7, 11) is 1.72. The van der Waals surface area contributed by atoms with E-state index in [9.17, 15) is 4.79 Å². The third kappa shape index (κ3) is 1.83. The van der Waals surface area contributed by atoms with Gasteiger partial charge in [0, 0.05) is 30.0 Å². The number of carbonyl (C=O) groups excluding carboxylic acids is 1. The molecule has 1 saturated heterocycles. The largest absolute Gasteiger partial charge is 0.496 e. The Morgan fingerprint density at radius 1 is 1.37 bits per heavy atom. The number of rotatable bonds is 2. The molecule has 2 atom stereocenters. The zero-order valence-corrected chi connectivity index (χ0v) is 11.8. The van der Waals surface area contributed by atoms with Crippen LogP contribution in [0.2, 0.25) is 0 Å². The molecule has 2 aliphatic rings. The monoisotopic (exact) mass is 259 g/mol. The first-order chi connectivity index (χ1) is 9.13. The molecule has 0 saturated carbocycles. The third-order valence-electron chi connectivity index (χ3n) is 4.52. The number of hydrogen-bond acceptors (Lipinski definition) is 2. The molecule has 1 aliphatic carbocycles. The molecule has 0 spiro atoms. The van der Waals surface area contributed by atoms with Crippen LogP contribution >= 0.6 is 0 Å². The van der Waals surface area contributed by atoms with Crippen LogP contribution in [0.5, 0.6) is 5.75 Å². The number of hydrogen-bond donors (Lipinski definition) is 0. The molecule has 1 aromatic rings. The van der Waals surface area contributed by atoms with Crippen molar-refractivity contribution in [2.45, 2.75) is 51.1 Å². The Balaban J connectivity index is 2.05. The summed E-state index contributed by atoms with van der Waals surface area (Å²) in [4.78, 5) is 14.4. The minimum absolute atomic E-state index is 0.291. The average Bonchev–Trinajstić information content (AvgIpc) is 2.74. The quantitative estimate of drug-likeness (QED) is 0.817. The van der Waals surface area contributed by atoms with Crippen molar-refractivity contribution in [1.29, 1.82) is 0 Å². The van der Waals surface area contributed by atoms with Gasteiger partial charge in [0.1, 0.15) is 5.75 Å². The van der Waals surface area contributed by atoms with Gasteiger partial charge in [-0.3, -0.25) is 4.79 Å². The first kappa shape index (κ1) is 12.5. The Labute approximate surface area is 114 Å². The van der Waals surface area contributed by atoms with Crippen LogP contribution in [0.25, 0.3) is 0 Å². The summed E-state index contributed by atoms with van der Waals surface area (Å²) in [5.74, 6) is 1.56. The maximum Gasteiger partial charge on any atom is 0.223 e. The van der Waals surface area contributed by atoms with Crippen molar-refractivity contribution < 1.29 is 9.53 Å². The van der Waals surface area contributed by atoms with Crippen molar-refractivity contribution >= 4 is 5.91 Å². The van der Waals surface area contributed by atoms with Crippen molar-refractivity contribution in [2.24, 2.45) is 0 Å². The number of benzene rings is 1. The van der Waals surface area contributed by atoms with Crippen LogP contribution in [0.3, 0.4) is 0 Å². The van der Waals surface area contributed by atoms with Crippen molar-refractivity contribution in [3.63, 3.8) is 0 Å². The molecule has 3 rings (SSSR count). The Bertz CT molecular complexity index is 495. The highest BCUT2D eigenvalue weighted by Crippen LogP contribution is 2.46.